The third-order valence-electron chi connectivity index (χ3n) is 6.31. The van der Waals surface area contributed by atoms with E-state index in [1.54, 1.807) is 10.9 Å². The molecular weight excluding hydrogens is 394 g/mol. The predicted octanol–water partition coefficient (Wildman–Crippen LogP) is 3.77. The van der Waals surface area contributed by atoms with Gasteiger partial charge in [0.2, 0.25) is 0 Å². The summed E-state index contributed by atoms with van der Waals surface area (Å²) < 4.78 is 1.76. The quantitative estimate of drug-likeness (QED) is 0.644. The highest BCUT2D eigenvalue weighted by Crippen LogP contribution is 2.32. The Morgan fingerprint density at radius 1 is 1.20 bits per heavy atom. The maximum absolute atomic E-state index is 13.2. The van der Waals surface area contributed by atoms with Crippen LogP contribution < -0.4 is 4.90 Å². The van der Waals surface area contributed by atoms with E-state index in [4.69, 9.17) is 0 Å². The van der Waals surface area contributed by atoms with E-state index < -0.39 is 0 Å². The summed E-state index contributed by atoms with van der Waals surface area (Å²) in [5, 5.41) is 5.08. The Balaban J connectivity index is 1.21. The lowest BCUT2D eigenvalue weighted by molar-refractivity contribution is 0.0697. The van der Waals surface area contributed by atoms with Gasteiger partial charge in [-0.05, 0) is 43.7 Å². The number of amides is 1. The van der Waals surface area contributed by atoms with Crippen molar-refractivity contribution in [2.75, 3.05) is 31.1 Å². The molecule has 7 heteroatoms. The number of carbonyl (C=O) groups excluding carboxylic acids is 1. The second-order valence-corrected chi connectivity index (χ2v) is 9.40. The van der Waals surface area contributed by atoms with Crippen molar-refractivity contribution in [3.63, 3.8) is 0 Å². The molecule has 1 fully saturated rings. The number of hydrogen-bond donors (Lipinski definition) is 0. The smallest absolute Gasteiger partial charge is 0.265 e. The Labute approximate surface area is 181 Å². The number of likely N-dealkylation sites (tertiary alicyclic amines) is 1. The molecule has 0 bridgehead atoms. The molecule has 0 atom stereocenters. The molecule has 6 nitrogen and oxygen atoms in total. The fourth-order valence-electron chi connectivity index (χ4n) is 4.62. The van der Waals surface area contributed by atoms with Gasteiger partial charge in [-0.2, -0.15) is 5.10 Å². The normalized spacial score (nSPS) is 16.9. The fraction of sp³-hybridized carbons (Fsp3) is 0.435. The molecule has 3 aromatic rings. The summed E-state index contributed by atoms with van der Waals surface area (Å²) >= 11 is 1.48. The number of aromatic nitrogens is 3. The number of aryl methyl sites for hydroxylation is 2. The maximum atomic E-state index is 13.2. The molecule has 2 aliphatic heterocycles. The first-order valence-electron chi connectivity index (χ1n) is 10.7. The highest BCUT2D eigenvalue weighted by molar-refractivity contribution is 7.17. The summed E-state index contributed by atoms with van der Waals surface area (Å²) in [6.07, 6.45) is 7.02. The van der Waals surface area contributed by atoms with Gasteiger partial charge in [-0.25, -0.2) is 4.98 Å². The largest absolute Gasteiger partial charge is 0.371 e. The number of nitrogens with zero attached hydrogens (tertiary/aromatic N) is 5. The second kappa shape index (κ2) is 7.87. The summed E-state index contributed by atoms with van der Waals surface area (Å²) in [4.78, 5) is 23.1. The molecule has 1 amide bonds. The standard InChI is InChI=1S/C23H27N5OS/c1-16-21(30-22(25-16)19-13-24-26(2)15-19)23(29)27-10-7-17(8-11-27)14-28-12-9-18-5-3-4-6-20(18)28/h3-6,13,15,17H,7-12,14H2,1-2H3. The van der Waals surface area contributed by atoms with E-state index in [1.807, 2.05) is 25.1 Å². The summed E-state index contributed by atoms with van der Waals surface area (Å²) in [5.74, 6) is 0.777. The number of rotatable bonds is 4. The summed E-state index contributed by atoms with van der Waals surface area (Å²) in [6, 6.07) is 8.75. The van der Waals surface area contributed by atoms with Crippen LogP contribution in [0.25, 0.3) is 10.6 Å². The van der Waals surface area contributed by atoms with Gasteiger partial charge in [-0.3, -0.25) is 9.48 Å². The lowest BCUT2D eigenvalue weighted by atomic mass is 9.96. The Bertz CT molecular complexity index is 1060. The first kappa shape index (κ1) is 19.3. The molecule has 2 aliphatic rings. The van der Waals surface area contributed by atoms with Gasteiger partial charge in [-0.1, -0.05) is 18.2 Å². The van der Waals surface area contributed by atoms with Gasteiger partial charge >= 0.3 is 0 Å². The SMILES string of the molecule is Cc1nc(-c2cnn(C)c2)sc1C(=O)N1CCC(CN2CCc3ccccc32)CC1. The van der Waals surface area contributed by atoms with Crippen LogP contribution in [0.5, 0.6) is 0 Å². The Kier molecular flexibility index (Phi) is 5.06. The number of anilines is 1. The van der Waals surface area contributed by atoms with E-state index in [0.717, 1.165) is 66.6 Å². The molecule has 0 unspecified atom stereocenters. The molecular formula is C23H27N5OS. The molecule has 0 spiro atoms. The summed E-state index contributed by atoms with van der Waals surface area (Å²) in [6.45, 7) is 5.82. The number of fused-ring (bicyclic) bond motifs is 1. The van der Waals surface area contributed by atoms with E-state index >= 15 is 0 Å². The van der Waals surface area contributed by atoms with Gasteiger partial charge in [0.1, 0.15) is 9.88 Å². The molecule has 2 aromatic heterocycles. The molecule has 1 aromatic carbocycles. The molecule has 0 N–H and O–H groups in total. The Morgan fingerprint density at radius 2 is 2.00 bits per heavy atom. The van der Waals surface area contributed by atoms with Crippen molar-refractivity contribution in [3.8, 4) is 10.6 Å². The number of thiazole rings is 1. The van der Waals surface area contributed by atoms with Crippen LogP contribution in [-0.2, 0) is 13.5 Å². The molecule has 30 heavy (non-hydrogen) atoms. The minimum absolute atomic E-state index is 0.130. The molecule has 5 rings (SSSR count). The minimum atomic E-state index is 0.130. The van der Waals surface area contributed by atoms with Crippen LogP contribution in [0.1, 0.15) is 33.8 Å². The Morgan fingerprint density at radius 3 is 2.77 bits per heavy atom. The number of para-hydroxylation sites is 1. The van der Waals surface area contributed by atoms with Crippen LogP contribution in [0.4, 0.5) is 5.69 Å². The average molecular weight is 422 g/mol. The number of carbonyl (C=O) groups is 1. The van der Waals surface area contributed by atoms with Crippen molar-refractivity contribution in [2.24, 2.45) is 13.0 Å². The molecule has 0 aliphatic carbocycles. The van der Waals surface area contributed by atoms with Crippen LogP contribution in [0.15, 0.2) is 36.7 Å². The van der Waals surface area contributed by atoms with Crippen molar-refractivity contribution < 1.29 is 4.79 Å². The third kappa shape index (κ3) is 3.62. The van der Waals surface area contributed by atoms with Gasteiger partial charge in [0.05, 0.1) is 11.9 Å². The Hall–Kier alpha value is -2.67. The van der Waals surface area contributed by atoms with Crippen LogP contribution >= 0.6 is 11.3 Å². The zero-order valence-corrected chi connectivity index (χ0v) is 18.4. The van der Waals surface area contributed by atoms with Crippen molar-refractivity contribution in [1.82, 2.24) is 19.7 Å². The first-order valence-corrected chi connectivity index (χ1v) is 11.5. The summed E-state index contributed by atoms with van der Waals surface area (Å²) in [5.41, 5.74) is 4.66. The van der Waals surface area contributed by atoms with Crippen LogP contribution in [0.3, 0.4) is 0 Å². The highest BCUT2D eigenvalue weighted by Gasteiger charge is 2.29. The van der Waals surface area contributed by atoms with Gasteiger partial charge < -0.3 is 9.80 Å². The number of benzene rings is 1. The van der Waals surface area contributed by atoms with Crippen molar-refractivity contribution >= 4 is 22.9 Å². The number of piperidine rings is 1. The van der Waals surface area contributed by atoms with Crippen molar-refractivity contribution in [2.45, 2.75) is 26.2 Å². The predicted molar refractivity (Wildman–Crippen MR) is 120 cm³/mol. The first-order chi connectivity index (χ1) is 14.6. The third-order valence-corrected chi connectivity index (χ3v) is 7.50. The molecule has 156 valence electrons. The average Bonchev–Trinajstić information content (AvgIpc) is 3.47. The highest BCUT2D eigenvalue weighted by atomic mass is 32.1. The van der Waals surface area contributed by atoms with Crippen LogP contribution in [0, 0.1) is 12.8 Å². The lowest BCUT2D eigenvalue weighted by Crippen LogP contribution is -2.41. The van der Waals surface area contributed by atoms with E-state index in [0.29, 0.717) is 5.92 Å². The molecule has 4 heterocycles. The molecule has 0 saturated carbocycles. The topological polar surface area (TPSA) is 54.3 Å². The van der Waals surface area contributed by atoms with E-state index in [2.05, 4.69) is 39.2 Å². The zero-order valence-electron chi connectivity index (χ0n) is 17.5. The van der Waals surface area contributed by atoms with Gasteiger partial charge in [0.25, 0.3) is 5.91 Å². The van der Waals surface area contributed by atoms with E-state index in [1.165, 1.54) is 22.6 Å². The van der Waals surface area contributed by atoms with Gasteiger partial charge in [0.15, 0.2) is 0 Å². The van der Waals surface area contributed by atoms with Crippen LogP contribution in [-0.4, -0.2) is 51.8 Å². The zero-order chi connectivity index (χ0) is 20.7. The van der Waals surface area contributed by atoms with Gasteiger partial charge in [0, 0.05) is 50.7 Å². The van der Waals surface area contributed by atoms with Gasteiger partial charge in [-0.15, -0.1) is 11.3 Å². The number of hydrogen-bond acceptors (Lipinski definition) is 5. The molecule has 0 radical (unpaired) electrons. The monoisotopic (exact) mass is 421 g/mol. The maximum Gasteiger partial charge on any atom is 0.265 e. The minimum Gasteiger partial charge on any atom is -0.371 e. The van der Waals surface area contributed by atoms with E-state index in [-0.39, 0.29) is 5.91 Å². The van der Waals surface area contributed by atoms with Crippen molar-refractivity contribution in [1.29, 1.82) is 0 Å². The van der Waals surface area contributed by atoms with Crippen LogP contribution in [0.2, 0.25) is 0 Å². The lowest BCUT2D eigenvalue weighted by Gasteiger charge is -2.34. The molecule has 1 saturated heterocycles. The van der Waals surface area contributed by atoms with E-state index in [9.17, 15) is 4.79 Å². The van der Waals surface area contributed by atoms with Crippen molar-refractivity contribution in [3.05, 3.63) is 52.8 Å². The fourth-order valence-corrected chi connectivity index (χ4v) is 5.63. The second-order valence-electron chi connectivity index (χ2n) is 8.40. The summed E-state index contributed by atoms with van der Waals surface area (Å²) in [7, 11) is 1.89.